The van der Waals surface area contributed by atoms with E-state index in [4.69, 9.17) is 10.5 Å². The Morgan fingerprint density at radius 3 is 2.42 bits per heavy atom. The highest BCUT2D eigenvalue weighted by Gasteiger charge is 2.31. The molecule has 0 amide bonds. The molecule has 0 radical (unpaired) electrons. The Balaban J connectivity index is 3.26. The van der Waals surface area contributed by atoms with Gasteiger partial charge in [-0.05, 0) is 37.5 Å². The fourth-order valence-electron chi connectivity index (χ4n) is 2.57. The summed E-state index contributed by atoms with van der Waals surface area (Å²) in [4.78, 5) is 11.8. The number of carbonyl (C=O) groups is 1. The molecule has 0 heterocycles. The van der Waals surface area contributed by atoms with Gasteiger partial charge in [0.05, 0.1) is 19.1 Å². The topological polar surface area (TPSA) is 108 Å². The zero-order valence-corrected chi connectivity index (χ0v) is 15.6. The van der Waals surface area contributed by atoms with Gasteiger partial charge in [-0.15, -0.1) is 0 Å². The zero-order chi connectivity index (χ0) is 18.5. The second-order valence-corrected chi connectivity index (χ2v) is 8.00. The van der Waals surface area contributed by atoms with Crippen LogP contribution in [-0.2, 0) is 14.8 Å². The van der Waals surface area contributed by atoms with E-state index in [-0.39, 0.29) is 28.7 Å². The van der Waals surface area contributed by atoms with E-state index >= 15 is 0 Å². The molecule has 1 aromatic carbocycles. The van der Waals surface area contributed by atoms with Gasteiger partial charge in [-0.25, -0.2) is 17.9 Å². The van der Waals surface area contributed by atoms with Crippen molar-refractivity contribution >= 4 is 16.0 Å². The number of hydrogen-bond acceptors (Lipinski definition) is 6. The van der Waals surface area contributed by atoms with E-state index in [1.807, 2.05) is 13.8 Å². The predicted molar refractivity (Wildman–Crippen MR) is 91.6 cm³/mol. The second-order valence-electron chi connectivity index (χ2n) is 6.32. The Bertz CT molecular complexity index is 688. The Morgan fingerprint density at radius 2 is 1.96 bits per heavy atom. The summed E-state index contributed by atoms with van der Waals surface area (Å²) in [5.74, 6) is -0.167. The van der Waals surface area contributed by atoms with Crippen molar-refractivity contribution in [1.29, 1.82) is 0 Å². The van der Waals surface area contributed by atoms with E-state index in [2.05, 4.69) is 9.46 Å². The molecule has 0 saturated heterocycles. The SMILES string of the molecule is COC(=O)c1cc(S(=O)(=O)NC(C)(CN)CC(C)C)ccc1OC. The van der Waals surface area contributed by atoms with Crippen LogP contribution in [0.15, 0.2) is 23.1 Å². The number of ether oxygens (including phenoxy) is 2. The first kappa shape index (κ1) is 20.4. The lowest BCUT2D eigenvalue weighted by atomic mass is 9.92. The average molecular weight is 358 g/mol. The Hall–Kier alpha value is -1.64. The number of methoxy groups -OCH3 is 2. The lowest BCUT2D eigenvalue weighted by Gasteiger charge is -2.30. The van der Waals surface area contributed by atoms with E-state index in [9.17, 15) is 13.2 Å². The summed E-state index contributed by atoms with van der Waals surface area (Å²) >= 11 is 0. The van der Waals surface area contributed by atoms with Gasteiger partial charge in [0.15, 0.2) is 0 Å². The summed E-state index contributed by atoms with van der Waals surface area (Å²) in [6.45, 7) is 5.90. The number of benzene rings is 1. The van der Waals surface area contributed by atoms with Crippen LogP contribution in [0.1, 0.15) is 37.6 Å². The summed E-state index contributed by atoms with van der Waals surface area (Å²) in [5.41, 5.74) is 5.03. The first-order chi connectivity index (χ1) is 11.1. The van der Waals surface area contributed by atoms with Crippen molar-refractivity contribution in [2.45, 2.75) is 37.6 Å². The van der Waals surface area contributed by atoms with Gasteiger partial charge in [0, 0.05) is 12.1 Å². The molecule has 0 aliphatic rings. The minimum atomic E-state index is -3.86. The molecule has 136 valence electrons. The van der Waals surface area contributed by atoms with Crippen molar-refractivity contribution in [2.24, 2.45) is 11.7 Å². The highest BCUT2D eigenvalue weighted by molar-refractivity contribution is 7.89. The largest absolute Gasteiger partial charge is 0.496 e. The molecule has 24 heavy (non-hydrogen) atoms. The summed E-state index contributed by atoms with van der Waals surface area (Å²) in [7, 11) is -1.25. The van der Waals surface area contributed by atoms with Crippen LogP contribution in [-0.4, -0.2) is 40.7 Å². The summed E-state index contributed by atoms with van der Waals surface area (Å²) < 4.78 is 37.8. The lowest BCUT2D eigenvalue weighted by molar-refractivity contribution is 0.0597. The number of nitrogens with one attached hydrogen (secondary N) is 1. The predicted octanol–water partition coefficient (Wildman–Crippen LogP) is 1.52. The third kappa shape index (κ3) is 4.93. The molecule has 1 rings (SSSR count). The van der Waals surface area contributed by atoms with Gasteiger partial charge in [-0.3, -0.25) is 0 Å². The summed E-state index contributed by atoms with van der Waals surface area (Å²) in [6, 6.07) is 4.03. The Kier molecular flexibility index (Phi) is 6.76. The molecule has 0 aromatic heterocycles. The number of nitrogens with two attached hydrogens (primary N) is 1. The van der Waals surface area contributed by atoms with Crippen molar-refractivity contribution < 1.29 is 22.7 Å². The Labute approximate surface area is 143 Å². The minimum Gasteiger partial charge on any atom is -0.496 e. The molecular weight excluding hydrogens is 332 g/mol. The lowest BCUT2D eigenvalue weighted by Crippen LogP contribution is -2.52. The van der Waals surface area contributed by atoms with Crippen LogP contribution in [0, 0.1) is 5.92 Å². The first-order valence-corrected chi connectivity index (χ1v) is 9.07. The third-order valence-electron chi connectivity index (χ3n) is 3.58. The van der Waals surface area contributed by atoms with Crippen molar-refractivity contribution in [3.63, 3.8) is 0 Å². The molecular formula is C16H26N2O5S. The highest BCUT2D eigenvalue weighted by atomic mass is 32.2. The summed E-state index contributed by atoms with van der Waals surface area (Å²) in [6.07, 6.45) is 0.586. The molecule has 0 aliphatic heterocycles. The van der Waals surface area contributed by atoms with Crippen LogP contribution < -0.4 is 15.2 Å². The van der Waals surface area contributed by atoms with Crippen LogP contribution in [0.5, 0.6) is 5.75 Å². The second kappa shape index (κ2) is 7.96. The zero-order valence-electron chi connectivity index (χ0n) is 14.8. The van der Waals surface area contributed by atoms with Crippen LogP contribution >= 0.6 is 0 Å². The van der Waals surface area contributed by atoms with Crippen LogP contribution in [0.4, 0.5) is 0 Å². The van der Waals surface area contributed by atoms with E-state index in [1.54, 1.807) is 6.92 Å². The maximum absolute atomic E-state index is 12.7. The van der Waals surface area contributed by atoms with Gasteiger partial charge in [0.1, 0.15) is 11.3 Å². The van der Waals surface area contributed by atoms with Gasteiger partial charge >= 0.3 is 5.97 Å². The van der Waals surface area contributed by atoms with Gasteiger partial charge in [0.2, 0.25) is 10.0 Å². The fraction of sp³-hybridized carbons (Fsp3) is 0.562. The normalized spacial score (nSPS) is 14.3. The monoisotopic (exact) mass is 358 g/mol. The molecule has 0 saturated carbocycles. The van der Waals surface area contributed by atoms with Gasteiger partial charge < -0.3 is 15.2 Å². The van der Waals surface area contributed by atoms with Crippen LogP contribution in [0.25, 0.3) is 0 Å². The van der Waals surface area contributed by atoms with Gasteiger partial charge in [-0.2, -0.15) is 0 Å². The number of sulfonamides is 1. The molecule has 8 heteroatoms. The number of esters is 1. The highest BCUT2D eigenvalue weighted by Crippen LogP contribution is 2.25. The van der Waals surface area contributed by atoms with Crippen LogP contribution in [0.3, 0.4) is 0 Å². The molecule has 0 aliphatic carbocycles. The van der Waals surface area contributed by atoms with Crippen molar-refractivity contribution in [3.05, 3.63) is 23.8 Å². The minimum absolute atomic E-state index is 0.0428. The molecule has 0 fully saturated rings. The molecule has 3 N–H and O–H groups in total. The first-order valence-electron chi connectivity index (χ1n) is 7.59. The van der Waals surface area contributed by atoms with Gasteiger partial charge in [-0.1, -0.05) is 13.8 Å². The smallest absolute Gasteiger partial charge is 0.341 e. The van der Waals surface area contributed by atoms with Crippen molar-refractivity contribution in [1.82, 2.24) is 4.72 Å². The Morgan fingerprint density at radius 1 is 1.33 bits per heavy atom. The van der Waals surface area contributed by atoms with E-state index < -0.39 is 21.5 Å². The van der Waals surface area contributed by atoms with Crippen LogP contribution in [0.2, 0.25) is 0 Å². The van der Waals surface area contributed by atoms with Gasteiger partial charge in [0.25, 0.3) is 0 Å². The maximum Gasteiger partial charge on any atom is 0.341 e. The maximum atomic E-state index is 12.7. The molecule has 1 atom stereocenters. The molecule has 0 spiro atoms. The van der Waals surface area contributed by atoms with E-state index in [0.29, 0.717) is 6.42 Å². The van der Waals surface area contributed by atoms with Crippen molar-refractivity contribution in [2.75, 3.05) is 20.8 Å². The molecule has 0 bridgehead atoms. The number of hydrogen-bond donors (Lipinski definition) is 2. The van der Waals surface area contributed by atoms with E-state index in [0.717, 1.165) is 0 Å². The quantitative estimate of drug-likeness (QED) is 0.682. The molecule has 7 nitrogen and oxygen atoms in total. The van der Waals surface area contributed by atoms with Crippen molar-refractivity contribution in [3.8, 4) is 5.75 Å². The van der Waals surface area contributed by atoms with E-state index in [1.165, 1.54) is 32.4 Å². The molecule has 1 unspecified atom stereocenters. The average Bonchev–Trinajstić information content (AvgIpc) is 2.52. The fourth-order valence-corrected chi connectivity index (χ4v) is 4.03. The molecule has 1 aromatic rings. The third-order valence-corrected chi connectivity index (χ3v) is 5.21. The summed E-state index contributed by atoms with van der Waals surface area (Å²) in [5, 5.41) is 0. The standard InChI is InChI=1S/C16H26N2O5S/c1-11(2)9-16(3,10-17)18-24(20,21)12-6-7-14(22-4)13(8-12)15(19)23-5/h6-8,11,18H,9-10,17H2,1-5H3. The number of carbonyl (C=O) groups excluding carboxylic acids is 1. The number of rotatable bonds is 8.